The summed E-state index contributed by atoms with van der Waals surface area (Å²) in [6.45, 7) is 10.2. The van der Waals surface area contributed by atoms with Gasteiger partial charge in [0, 0.05) is 24.6 Å². The van der Waals surface area contributed by atoms with Crippen LogP contribution < -0.4 is 5.32 Å². The standard InChI is InChI=1S/C14H24N4/c1-3-17-9-6-11(7-10-17)13-12-5-8-15-14(12)18(4-2)16-13/h11,15H,3-10H2,1-2H3. The van der Waals surface area contributed by atoms with Crippen LogP contribution >= 0.6 is 0 Å². The average molecular weight is 248 g/mol. The predicted molar refractivity (Wildman–Crippen MR) is 74.2 cm³/mol. The fourth-order valence-corrected chi connectivity index (χ4v) is 3.35. The van der Waals surface area contributed by atoms with E-state index in [0.29, 0.717) is 5.92 Å². The third-order valence-electron chi connectivity index (χ3n) is 4.47. The summed E-state index contributed by atoms with van der Waals surface area (Å²) >= 11 is 0. The van der Waals surface area contributed by atoms with Gasteiger partial charge in [0.15, 0.2) is 0 Å². The van der Waals surface area contributed by atoms with Crippen LogP contribution in [0.5, 0.6) is 0 Å². The zero-order valence-electron chi connectivity index (χ0n) is 11.6. The molecule has 2 aliphatic rings. The lowest BCUT2D eigenvalue weighted by atomic mass is 9.91. The van der Waals surface area contributed by atoms with Gasteiger partial charge >= 0.3 is 0 Å². The fraction of sp³-hybridized carbons (Fsp3) is 0.786. The molecular formula is C14H24N4. The molecule has 0 aliphatic carbocycles. The predicted octanol–water partition coefficient (Wildman–Crippen LogP) is 2.07. The number of nitrogens with zero attached hydrogens (tertiary/aromatic N) is 3. The number of likely N-dealkylation sites (tertiary alicyclic amines) is 1. The van der Waals surface area contributed by atoms with Crippen LogP contribution in [0.4, 0.5) is 5.82 Å². The quantitative estimate of drug-likeness (QED) is 0.889. The van der Waals surface area contributed by atoms with Gasteiger partial charge < -0.3 is 10.2 Å². The number of aromatic nitrogens is 2. The van der Waals surface area contributed by atoms with Gasteiger partial charge in [-0.1, -0.05) is 6.92 Å². The zero-order valence-corrected chi connectivity index (χ0v) is 11.6. The van der Waals surface area contributed by atoms with E-state index in [-0.39, 0.29) is 0 Å². The molecule has 0 saturated carbocycles. The smallest absolute Gasteiger partial charge is 0.127 e. The minimum absolute atomic E-state index is 0.689. The molecule has 0 bridgehead atoms. The lowest BCUT2D eigenvalue weighted by Gasteiger charge is -2.30. The van der Waals surface area contributed by atoms with Crippen LogP contribution in [0.25, 0.3) is 0 Å². The Morgan fingerprint density at radius 3 is 2.67 bits per heavy atom. The maximum atomic E-state index is 4.86. The number of hydrogen-bond acceptors (Lipinski definition) is 3. The lowest BCUT2D eigenvalue weighted by molar-refractivity contribution is 0.220. The van der Waals surface area contributed by atoms with Gasteiger partial charge in [-0.2, -0.15) is 5.10 Å². The highest BCUT2D eigenvalue weighted by molar-refractivity contribution is 5.53. The van der Waals surface area contributed by atoms with Crippen LogP contribution in [-0.2, 0) is 13.0 Å². The molecule has 4 heteroatoms. The molecule has 3 heterocycles. The second kappa shape index (κ2) is 4.92. The van der Waals surface area contributed by atoms with Crippen LogP contribution in [0.3, 0.4) is 0 Å². The van der Waals surface area contributed by atoms with Crippen molar-refractivity contribution in [3.8, 4) is 0 Å². The SMILES string of the molecule is CCN1CCC(c2nn(CC)c3c2CCN3)CC1. The Bertz CT molecular complexity index is 416. The average Bonchev–Trinajstić information content (AvgIpc) is 3.00. The molecule has 0 spiro atoms. The molecule has 0 radical (unpaired) electrons. The van der Waals surface area contributed by atoms with Crippen molar-refractivity contribution in [2.75, 3.05) is 31.5 Å². The first-order valence-electron chi connectivity index (χ1n) is 7.39. The van der Waals surface area contributed by atoms with Crippen molar-refractivity contribution < 1.29 is 0 Å². The van der Waals surface area contributed by atoms with Crippen molar-refractivity contribution in [2.45, 2.75) is 45.6 Å². The molecule has 100 valence electrons. The van der Waals surface area contributed by atoms with E-state index in [9.17, 15) is 0 Å². The molecule has 1 N–H and O–H groups in total. The van der Waals surface area contributed by atoms with Gasteiger partial charge in [0.25, 0.3) is 0 Å². The molecule has 3 rings (SSSR count). The molecule has 1 aromatic heterocycles. The van der Waals surface area contributed by atoms with Crippen molar-refractivity contribution in [3.05, 3.63) is 11.3 Å². The Balaban J connectivity index is 1.81. The molecule has 0 aromatic carbocycles. The van der Waals surface area contributed by atoms with Gasteiger partial charge in [-0.3, -0.25) is 0 Å². The Labute approximate surface area is 109 Å². The first kappa shape index (κ1) is 12.0. The molecule has 2 aliphatic heterocycles. The van der Waals surface area contributed by atoms with Crippen LogP contribution in [0.1, 0.15) is 43.9 Å². The van der Waals surface area contributed by atoms with E-state index in [2.05, 4.69) is 28.7 Å². The van der Waals surface area contributed by atoms with Crippen molar-refractivity contribution in [2.24, 2.45) is 0 Å². The molecular weight excluding hydrogens is 224 g/mol. The van der Waals surface area contributed by atoms with Crippen LogP contribution in [0.15, 0.2) is 0 Å². The van der Waals surface area contributed by atoms with Gasteiger partial charge in [-0.15, -0.1) is 0 Å². The van der Waals surface area contributed by atoms with Gasteiger partial charge in [0.05, 0.1) is 5.69 Å². The largest absolute Gasteiger partial charge is 0.370 e. The molecule has 1 aromatic rings. The minimum Gasteiger partial charge on any atom is -0.370 e. The second-order valence-electron chi connectivity index (χ2n) is 5.41. The summed E-state index contributed by atoms with van der Waals surface area (Å²) in [5.41, 5.74) is 2.90. The van der Waals surface area contributed by atoms with Crippen LogP contribution in [0.2, 0.25) is 0 Å². The molecule has 1 saturated heterocycles. The molecule has 18 heavy (non-hydrogen) atoms. The number of anilines is 1. The third-order valence-corrected chi connectivity index (χ3v) is 4.47. The van der Waals surface area contributed by atoms with Crippen molar-refractivity contribution in [1.29, 1.82) is 0 Å². The maximum absolute atomic E-state index is 4.86. The summed E-state index contributed by atoms with van der Waals surface area (Å²) in [7, 11) is 0. The maximum Gasteiger partial charge on any atom is 0.127 e. The topological polar surface area (TPSA) is 33.1 Å². The second-order valence-corrected chi connectivity index (χ2v) is 5.41. The number of nitrogens with one attached hydrogen (secondary N) is 1. The summed E-state index contributed by atoms with van der Waals surface area (Å²) < 4.78 is 2.16. The van der Waals surface area contributed by atoms with Crippen LogP contribution in [-0.4, -0.2) is 40.9 Å². The number of piperidine rings is 1. The van der Waals surface area contributed by atoms with E-state index in [1.165, 1.54) is 56.0 Å². The summed E-state index contributed by atoms with van der Waals surface area (Å²) in [4.78, 5) is 2.55. The molecule has 0 atom stereocenters. The van der Waals surface area contributed by atoms with Crippen molar-refractivity contribution >= 4 is 5.82 Å². The van der Waals surface area contributed by atoms with E-state index in [0.717, 1.165) is 13.1 Å². The van der Waals surface area contributed by atoms with E-state index >= 15 is 0 Å². The summed E-state index contributed by atoms with van der Waals surface area (Å²) in [6, 6.07) is 0. The fourth-order valence-electron chi connectivity index (χ4n) is 3.35. The number of rotatable bonds is 3. The molecule has 0 unspecified atom stereocenters. The van der Waals surface area contributed by atoms with E-state index in [1.54, 1.807) is 0 Å². The normalized spacial score (nSPS) is 21.0. The van der Waals surface area contributed by atoms with Crippen LogP contribution in [0, 0.1) is 0 Å². The number of fused-ring (bicyclic) bond motifs is 1. The van der Waals surface area contributed by atoms with Gasteiger partial charge in [0.2, 0.25) is 0 Å². The monoisotopic (exact) mass is 248 g/mol. The Morgan fingerprint density at radius 2 is 2.00 bits per heavy atom. The van der Waals surface area contributed by atoms with E-state index in [1.807, 2.05) is 0 Å². The summed E-state index contributed by atoms with van der Waals surface area (Å²) in [6.07, 6.45) is 3.72. The number of aryl methyl sites for hydroxylation is 1. The van der Waals surface area contributed by atoms with Gasteiger partial charge in [0.1, 0.15) is 5.82 Å². The highest BCUT2D eigenvalue weighted by atomic mass is 15.3. The van der Waals surface area contributed by atoms with Crippen molar-refractivity contribution in [3.63, 3.8) is 0 Å². The summed E-state index contributed by atoms with van der Waals surface area (Å²) in [5.74, 6) is 1.99. The summed E-state index contributed by atoms with van der Waals surface area (Å²) in [5, 5.41) is 8.35. The van der Waals surface area contributed by atoms with Gasteiger partial charge in [-0.25, -0.2) is 4.68 Å². The highest BCUT2D eigenvalue weighted by Gasteiger charge is 2.28. The molecule has 0 amide bonds. The Kier molecular flexibility index (Phi) is 3.29. The van der Waals surface area contributed by atoms with Crippen molar-refractivity contribution in [1.82, 2.24) is 14.7 Å². The molecule has 4 nitrogen and oxygen atoms in total. The first-order chi connectivity index (χ1) is 8.83. The highest BCUT2D eigenvalue weighted by Crippen LogP contribution is 2.35. The Hall–Kier alpha value is -1.03. The first-order valence-corrected chi connectivity index (χ1v) is 7.39. The van der Waals surface area contributed by atoms with E-state index < -0.39 is 0 Å². The minimum atomic E-state index is 0.689. The third kappa shape index (κ3) is 1.92. The number of hydrogen-bond donors (Lipinski definition) is 1. The molecule has 1 fully saturated rings. The Morgan fingerprint density at radius 1 is 1.22 bits per heavy atom. The lowest BCUT2D eigenvalue weighted by Crippen LogP contribution is -2.33. The van der Waals surface area contributed by atoms with Gasteiger partial charge in [-0.05, 0) is 45.8 Å². The zero-order chi connectivity index (χ0) is 12.5. The van der Waals surface area contributed by atoms with E-state index in [4.69, 9.17) is 5.10 Å².